The quantitative estimate of drug-likeness (QED) is 0.623. The molecule has 2 aromatic carbocycles. The predicted octanol–water partition coefficient (Wildman–Crippen LogP) is 3.54. The fourth-order valence-electron chi connectivity index (χ4n) is 2.58. The van der Waals surface area contributed by atoms with E-state index in [1.54, 1.807) is 36.9 Å². The number of rotatable bonds is 9. The van der Waals surface area contributed by atoms with Crippen LogP contribution in [-0.2, 0) is 20.6 Å². The summed E-state index contributed by atoms with van der Waals surface area (Å²) in [7, 11) is -3.64. The summed E-state index contributed by atoms with van der Waals surface area (Å²) in [5, 5.41) is 3.22. The second-order valence-corrected chi connectivity index (χ2v) is 9.44. The zero-order chi connectivity index (χ0) is 19.9. The van der Waals surface area contributed by atoms with Crippen molar-refractivity contribution in [1.29, 1.82) is 0 Å². The van der Waals surface area contributed by atoms with Crippen LogP contribution in [0.2, 0.25) is 5.02 Å². The minimum atomic E-state index is -3.64. The number of anilines is 1. The van der Waals surface area contributed by atoms with E-state index in [4.69, 9.17) is 11.6 Å². The van der Waals surface area contributed by atoms with Crippen molar-refractivity contribution in [3.8, 4) is 0 Å². The highest BCUT2D eigenvalue weighted by atomic mass is 35.5. The number of hydrogen-bond acceptors (Lipinski definition) is 4. The lowest BCUT2D eigenvalue weighted by Crippen LogP contribution is -2.48. The highest BCUT2D eigenvalue weighted by molar-refractivity contribution is 7.98. The highest BCUT2D eigenvalue weighted by Crippen LogP contribution is 2.24. The molecule has 0 unspecified atom stereocenters. The molecule has 27 heavy (non-hydrogen) atoms. The van der Waals surface area contributed by atoms with E-state index >= 15 is 0 Å². The van der Waals surface area contributed by atoms with E-state index in [0.29, 0.717) is 17.3 Å². The molecule has 1 N–H and O–H groups in total. The van der Waals surface area contributed by atoms with Crippen molar-refractivity contribution < 1.29 is 13.2 Å². The van der Waals surface area contributed by atoms with Crippen molar-refractivity contribution in [2.24, 2.45) is 0 Å². The summed E-state index contributed by atoms with van der Waals surface area (Å²) >= 11 is 7.68. The number of hydrogen-bond donors (Lipinski definition) is 1. The Morgan fingerprint density at radius 2 is 1.89 bits per heavy atom. The van der Waals surface area contributed by atoms with Gasteiger partial charge in [-0.2, -0.15) is 11.8 Å². The summed E-state index contributed by atoms with van der Waals surface area (Å²) in [4.78, 5) is 12.5. The first kappa shape index (κ1) is 21.6. The standard InChI is InChI=1S/C19H23ClN2O3S2/c1-15(22(27(2,24)25)18-10-6-9-17(20)13-18)19(23)21-11-12-26-14-16-7-4-3-5-8-16/h3-10,13,15H,11-12,14H2,1-2H3,(H,21,23)/t15-/m1/s1. The SMILES string of the molecule is C[C@H](C(=O)NCCSCc1ccccc1)N(c1cccc(Cl)c1)S(C)(=O)=O. The van der Waals surface area contributed by atoms with Crippen molar-refractivity contribution >= 4 is 45.0 Å². The fourth-order valence-corrected chi connectivity index (χ4v) is 4.75. The van der Waals surface area contributed by atoms with Crippen LogP contribution in [0.15, 0.2) is 54.6 Å². The van der Waals surface area contributed by atoms with Crippen LogP contribution in [0.5, 0.6) is 0 Å². The van der Waals surface area contributed by atoms with Gasteiger partial charge in [0.2, 0.25) is 15.9 Å². The molecule has 0 aromatic heterocycles. The van der Waals surface area contributed by atoms with Crippen molar-refractivity contribution in [3.63, 3.8) is 0 Å². The maximum atomic E-state index is 12.5. The van der Waals surface area contributed by atoms with Crippen molar-refractivity contribution in [2.45, 2.75) is 18.7 Å². The third-order valence-corrected chi connectivity index (χ3v) is 6.32. The van der Waals surface area contributed by atoms with Gasteiger partial charge in [-0.1, -0.05) is 48.0 Å². The van der Waals surface area contributed by atoms with E-state index in [9.17, 15) is 13.2 Å². The predicted molar refractivity (Wildman–Crippen MR) is 114 cm³/mol. The molecule has 146 valence electrons. The van der Waals surface area contributed by atoms with Crippen LogP contribution < -0.4 is 9.62 Å². The van der Waals surface area contributed by atoms with Gasteiger partial charge < -0.3 is 5.32 Å². The minimum Gasteiger partial charge on any atom is -0.353 e. The molecule has 2 rings (SSSR count). The third kappa shape index (κ3) is 6.75. The van der Waals surface area contributed by atoms with Crippen LogP contribution >= 0.6 is 23.4 Å². The van der Waals surface area contributed by atoms with Crippen molar-refractivity contribution in [2.75, 3.05) is 22.9 Å². The summed E-state index contributed by atoms with van der Waals surface area (Å²) in [6, 6.07) is 15.7. The zero-order valence-corrected chi connectivity index (χ0v) is 17.7. The Balaban J connectivity index is 1.91. The molecule has 0 heterocycles. The third-order valence-electron chi connectivity index (χ3n) is 3.81. The Morgan fingerprint density at radius 1 is 1.19 bits per heavy atom. The van der Waals surface area contributed by atoms with Gasteiger partial charge in [-0.3, -0.25) is 9.10 Å². The molecule has 5 nitrogen and oxygen atoms in total. The number of halogens is 1. The molecule has 8 heteroatoms. The number of nitrogens with zero attached hydrogens (tertiary/aromatic N) is 1. The first-order valence-electron chi connectivity index (χ1n) is 8.43. The number of carbonyl (C=O) groups is 1. The molecule has 0 saturated heterocycles. The smallest absolute Gasteiger partial charge is 0.243 e. The molecule has 2 aromatic rings. The monoisotopic (exact) mass is 426 g/mol. The number of nitrogens with one attached hydrogen (secondary N) is 1. The topological polar surface area (TPSA) is 66.5 Å². The second kappa shape index (κ2) is 10.0. The first-order valence-corrected chi connectivity index (χ1v) is 11.8. The molecule has 1 atom stereocenters. The minimum absolute atomic E-state index is 0.347. The van der Waals surface area contributed by atoms with E-state index in [0.717, 1.165) is 22.1 Å². The highest BCUT2D eigenvalue weighted by Gasteiger charge is 2.28. The number of benzene rings is 2. The lowest BCUT2D eigenvalue weighted by Gasteiger charge is -2.28. The molecule has 0 radical (unpaired) electrons. The lowest BCUT2D eigenvalue weighted by atomic mass is 10.2. The van der Waals surface area contributed by atoms with Crippen LogP contribution in [0.1, 0.15) is 12.5 Å². The summed E-state index contributed by atoms with van der Waals surface area (Å²) in [5.41, 5.74) is 1.59. The molecule has 0 aliphatic carbocycles. The summed E-state index contributed by atoms with van der Waals surface area (Å²) in [6.45, 7) is 2.03. The van der Waals surface area contributed by atoms with Crippen LogP contribution in [0, 0.1) is 0 Å². The van der Waals surface area contributed by atoms with Gasteiger partial charge in [-0.15, -0.1) is 0 Å². The van der Waals surface area contributed by atoms with Crippen molar-refractivity contribution in [1.82, 2.24) is 5.32 Å². The van der Waals surface area contributed by atoms with Gasteiger partial charge in [-0.25, -0.2) is 8.42 Å². The number of amides is 1. The van der Waals surface area contributed by atoms with Gasteiger partial charge in [-0.05, 0) is 30.7 Å². The van der Waals surface area contributed by atoms with Gasteiger partial charge in [0.1, 0.15) is 6.04 Å². The molecule has 0 spiro atoms. The van der Waals surface area contributed by atoms with Gasteiger partial charge in [0, 0.05) is 23.1 Å². The molecular formula is C19H23ClN2O3S2. The molecule has 0 aliphatic rings. The van der Waals surface area contributed by atoms with Gasteiger partial charge >= 0.3 is 0 Å². The first-order chi connectivity index (χ1) is 12.8. The Labute approximate surface area is 170 Å². The van der Waals surface area contributed by atoms with E-state index in [-0.39, 0.29) is 5.91 Å². The van der Waals surface area contributed by atoms with Crippen LogP contribution in [0.25, 0.3) is 0 Å². The fraction of sp³-hybridized carbons (Fsp3) is 0.316. The molecule has 1 amide bonds. The van der Waals surface area contributed by atoms with Gasteiger partial charge in [0.15, 0.2) is 0 Å². The molecular weight excluding hydrogens is 404 g/mol. The van der Waals surface area contributed by atoms with Gasteiger partial charge in [0.05, 0.1) is 11.9 Å². The van der Waals surface area contributed by atoms with Crippen LogP contribution in [0.3, 0.4) is 0 Å². The molecule has 0 fully saturated rings. The lowest BCUT2D eigenvalue weighted by molar-refractivity contribution is -0.121. The van der Waals surface area contributed by atoms with Crippen molar-refractivity contribution in [3.05, 3.63) is 65.2 Å². The molecule has 0 bridgehead atoms. The largest absolute Gasteiger partial charge is 0.353 e. The number of sulfonamides is 1. The van der Waals surface area contributed by atoms with E-state index < -0.39 is 16.1 Å². The summed E-state index contributed by atoms with van der Waals surface area (Å²) in [5.74, 6) is 1.26. The maximum absolute atomic E-state index is 12.5. The van der Waals surface area contributed by atoms with E-state index in [2.05, 4.69) is 17.4 Å². The van der Waals surface area contributed by atoms with Crippen LogP contribution in [-0.4, -0.2) is 38.9 Å². The normalized spacial score (nSPS) is 12.4. The summed E-state index contributed by atoms with van der Waals surface area (Å²) in [6.07, 6.45) is 1.08. The Morgan fingerprint density at radius 3 is 2.52 bits per heavy atom. The average Bonchev–Trinajstić information content (AvgIpc) is 2.61. The maximum Gasteiger partial charge on any atom is 0.243 e. The van der Waals surface area contributed by atoms with Gasteiger partial charge in [0.25, 0.3) is 0 Å². The van der Waals surface area contributed by atoms with E-state index in [1.165, 1.54) is 11.6 Å². The Kier molecular flexibility index (Phi) is 8.01. The van der Waals surface area contributed by atoms with E-state index in [1.807, 2.05) is 18.2 Å². The van der Waals surface area contributed by atoms with Crippen LogP contribution in [0.4, 0.5) is 5.69 Å². The zero-order valence-electron chi connectivity index (χ0n) is 15.3. The molecule has 0 saturated carbocycles. The summed E-state index contributed by atoms with van der Waals surface area (Å²) < 4.78 is 25.5. The Bertz CT molecular complexity index is 860. The average molecular weight is 427 g/mol. The number of carbonyl (C=O) groups excluding carboxylic acids is 1. The molecule has 0 aliphatic heterocycles. The number of thioether (sulfide) groups is 1. The Hall–Kier alpha value is -1.70. The second-order valence-electron chi connectivity index (χ2n) is 6.04.